The quantitative estimate of drug-likeness (QED) is 0.467. The standard InChI is InChI=1S/C24H17N5O2/c25-12-20-6-5-18(13-27-20)21-7-8-26-22-11-23(31-24(21)22)17-3-1-16(2-4-17)19-14-28-29(15-19)9-10-30/h1-8,11,13-15,30H,9-10H2. The fraction of sp³-hybridized carbons (Fsp3) is 0.0833. The number of pyridine rings is 2. The number of aliphatic hydroxyl groups is 1. The Bertz CT molecular complexity index is 1390. The molecule has 1 aromatic carbocycles. The van der Waals surface area contributed by atoms with E-state index >= 15 is 0 Å². The number of fused-ring (bicyclic) bond motifs is 1. The maximum Gasteiger partial charge on any atom is 0.161 e. The van der Waals surface area contributed by atoms with Gasteiger partial charge in [-0.15, -0.1) is 0 Å². The van der Waals surface area contributed by atoms with Gasteiger partial charge in [-0.2, -0.15) is 10.4 Å². The molecule has 0 unspecified atom stereocenters. The van der Waals surface area contributed by atoms with Crippen LogP contribution in [0.5, 0.6) is 0 Å². The van der Waals surface area contributed by atoms with Crippen molar-refractivity contribution in [3.8, 4) is 39.6 Å². The molecule has 31 heavy (non-hydrogen) atoms. The van der Waals surface area contributed by atoms with E-state index < -0.39 is 0 Å². The third kappa shape index (κ3) is 3.56. The lowest BCUT2D eigenvalue weighted by molar-refractivity contribution is 0.269. The van der Waals surface area contributed by atoms with Crippen LogP contribution in [0, 0.1) is 11.3 Å². The molecule has 0 saturated heterocycles. The van der Waals surface area contributed by atoms with Crippen LogP contribution in [0.1, 0.15) is 5.69 Å². The summed E-state index contributed by atoms with van der Waals surface area (Å²) in [4.78, 5) is 8.59. The Kier molecular flexibility index (Phi) is 4.75. The van der Waals surface area contributed by atoms with Crippen molar-refractivity contribution >= 4 is 11.1 Å². The molecule has 0 amide bonds. The molecular weight excluding hydrogens is 390 g/mol. The fourth-order valence-corrected chi connectivity index (χ4v) is 3.49. The van der Waals surface area contributed by atoms with Crippen molar-refractivity contribution in [2.45, 2.75) is 6.54 Å². The van der Waals surface area contributed by atoms with Crippen molar-refractivity contribution in [1.29, 1.82) is 5.26 Å². The van der Waals surface area contributed by atoms with E-state index in [0.29, 0.717) is 17.8 Å². The van der Waals surface area contributed by atoms with E-state index in [0.717, 1.165) is 39.1 Å². The van der Waals surface area contributed by atoms with Crippen LogP contribution in [-0.4, -0.2) is 31.5 Å². The Morgan fingerprint density at radius 3 is 2.48 bits per heavy atom. The van der Waals surface area contributed by atoms with Gasteiger partial charge in [0, 0.05) is 46.9 Å². The van der Waals surface area contributed by atoms with Gasteiger partial charge in [0.1, 0.15) is 23.0 Å². The lowest BCUT2D eigenvalue weighted by Crippen LogP contribution is -2.01. The number of furan rings is 1. The van der Waals surface area contributed by atoms with Crippen LogP contribution in [0.4, 0.5) is 0 Å². The SMILES string of the molecule is N#Cc1ccc(-c2ccnc3cc(-c4ccc(-c5cnn(CCO)c5)cc4)oc23)cn1. The first-order chi connectivity index (χ1) is 15.2. The summed E-state index contributed by atoms with van der Waals surface area (Å²) in [5.41, 5.74) is 6.51. The second-order valence-electron chi connectivity index (χ2n) is 7.02. The number of aliphatic hydroxyl groups excluding tert-OH is 1. The average Bonchev–Trinajstić information content (AvgIpc) is 3.47. The molecule has 0 bridgehead atoms. The Morgan fingerprint density at radius 1 is 0.935 bits per heavy atom. The third-order valence-corrected chi connectivity index (χ3v) is 5.07. The van der Waals surface area contributed by atoms with E-state index in [2.05, 4.69) is 15.1 Å². The third-order valence-electron chi connectivity index (χ3n) is 5.07. The molecule has 0 fully saturated rings. The van der Waals surface area contributed by atoms with Crippen LogP contribution >= 0.6 is 0 Å². The van der Waals surface area contributed by atoms with Gasteiger partial charge in [0.05, 0.1) is 19.3 Å². The summed E-state index contributed by atoms with van der Waals surface area (Å²) < 4.78 is 7.89. The average molecular weight is 407 g/mol. The first-order valence-electron chi connectivity index (χ1n) is 9.74. The first kappa shape index (κ1) is 18.7. The number of hydrogen-bond acceptors (Lipinski definition) is 6. The van der Waals surface area contributed by atoms with Gasteiger partial charge in [-0.3, -0.25) is 9.67 Å². The largest absolute Gasteiger partial charge is 0.454 e. The lowest BCUT2D eigenvalue weighted by atomic mass is 10.1. The fourth-order valence-electron chi connectivity index (χ4n) is 3.49. The van der Waals surface area contributed by atoms with Gasteiger partial charge in [-0.25, -0.2) is 4.98 Å². The zero-order chi connectivity index (χ0) is 21.2. The highest BCUT2D eigenvalue weighted by Gasteiger charge is 2.13. The Morgan fingerprint density at radius 2 is 1.74 bits per heavy atom. The first-order valence-corrected chi connectivity index (χ1v) is 9.74. The maximum absolute atomic E-state index is 9.05. The van der Waals surface area contributed by atoms with Crippen molar-refractivity contribution < 1.29 is 9.52 Å². The maximum atomic E-state index is 9.05. The Balaban J connectivity index is 1.48. The minimum Gasteiger partial charge on any atom is -0.454 e. The highest BCUT2D eigenvalue weighted by Crippen LogP contribution is 2.34. The highest BCUT2D eigenvalue weighted by molar-refractivity contribution is 5.92. The molecule has 0 saturated carbocycles. The molecule has 5 aromatic rings. The van der Waals surface area contributed by atoms with Gasteiger partial charge >= 0.3 is 0 Å². The number of nitrogens with zero attached hydrogens (tertiary/aromatic N) is 5. The molecule has 0 atom stereocenters. The van der Waals surface area contributed by atoms with Crippen LogP contribution in [-0.2, 0) is 6.54 Å². The molecule has 0 aliphatic rings. The van der Waals surface area contributed by atoms with Crippen LogP contribution < -0.4 is 0 Å². The van der Waals surface area contributed by atoms with Gasteiger partial charge < -0.3 is 9.52 Å². The predicted octanol–water partition coefficient (Wildman–Crippen LogP) is 4.28. The zero-order valence-electron chi connectivity index (χ0n) is 16.4. The van der Waals surface area contributed by atoms with E-state index in [1.165, 1.54) is 0 Å². The van der Waals surface area contributed by atoms with Gasteiger partial charge in [-0.1, -0.05) is 24.3 Å². The summed E-state index contributed by atoms with van der Waals surface area (Å²) in [6.07, 6.45) is 7.10. The monoisotopic (exact) mass is 407 g/mol. The van der Waals surface area contributed by atoms with Crippen LogP contribution in [0.25, 0.3) is 44.7 Å². The lowest BCUT2D eigenvalue weighted by Gasteiger charge is -2.02. The summed E-state index contributed by atoms with van der Waals surface area (Å²) in [6, 6.07) is 17.4. The Hall–Kier alpha value is -4.28. The molecule has 7 nitrogen and oxygen atoms in total. The minimum absolute atomic E-state index is 0.0562. The number of hydrogen-bond donors (Lipinski definition) is 1. The van der Waals surface area contributed by atoms with Crippen molar-refractivity contribution in [2.24, 2.45) is 0 Å². The second kappa shape index (κ2) is 7.86. The minimum atomic E-state index is 0.0562. The van der Waals surface area contributed by atoms with Crippen LogP contribution in [0.15, 0.2) is 77.7 Å². The summed E-state index contributed by atoms with van der Waals surface area (Å²) in [6.45, 7) is 0.530. The zero-order valence-corrected chi connectivity index (χ0v) is 16.4. The predicted molar refractivity (Wildman–Crippen MR) is 116 cm³/mol. The number of aromatic nitrogens is 4. The molecule has 4 aromatic heterocycles. The van der Waals surface area contributed by atoms with Gasteiger partial charge in [0.25, 0.3) is 0 Å². The molecule has 4 heterocycles. The van der Waals surface area contributed by atoms with Gasteiger partial charge in [-0.05, 0) is 23.8 Å². The molecule has 0 radical (unpaired) electrons. The number of rotatable bonds is 5. The summed E-state index contributed by atoms with van der Waals surface area (Å²) in [5.74, 6) is 0.721. The molecule has 0 aliphatic heterocycles. The van der Waals surface area contributed by atoms with E-state index in [9.17, 15) is 0 Å². The number of nitriles is 1. The number of benzene rings is 1. The molecule has 7 heteroatoms. The van der Waals surface area contributed by atoms with Crippen molar-refractivity contribution in [3.05, 3.63) is 79.0 Å². The van der Waals surface area contributed by atoms with Crippen LogP contribution in [0.2, 0.25) is 0 Å². The molecule has 5 rings (SSSR count). The molecule has 0 spiro atoms. The van der Waals surface area contributed by atoms with E-state index in [-0.39, 0.29) is 6.61 Å². The highest BCUT2D eigenvalue weighted by atomic mass is 16.3. The molecular formula is C24H17N5O2. The van der Waals surface area contributed by atoms with Gasteiger partial charge in [0.15, 0.2) is 5.58 Å². The van der Waals surface area contributed by atoms with Crippen molar-refractivity contribution in [3.63, 3.8) is 0 Å². The Labute approximate surface area is 177 Å². The molecule has 0 aliphatic carbocycles. The summed E-state index contributed by atoms with van der Waals surface area (Å²) in [7, 11) is 0. The van der Waals surface area contributed by atoms with E-state index in [4.69, 9.17) is 14.8 Å². The van der Waals surface area contributed by atoms with E-state index in [1.807, 2.05) is 54.7 Å². The van der Waals surface area contributed by atoms with E-state index in [1.54, 1.807) is 29.3 Å². The normalized spacial score (nSPS) is 11.0. The topological polar surface area (TPSA) is 101 Å². The smallest absolute Gasteiger partial charge is 0.161 e. The summed E-state index contributed by atoms with van der Waals surface area (Å²) >= 11 is 0. The van der Waals surface area contributed by atoms with Crippen LogP contribution in [0.3, 0.4) is 0 Å². The van der Waals surface area contributed by atoms with Crippen molar-refractivity contribution in [1.82, 2.24) is 19.7 Å². The second-order valence-corrected chi connectivity index (χ2v) is 7.02. The molecule has 150 valence electrons. The van der Waals surface area contributed by atoms with Crippen molar-refractivity contribution in [2.75, 3.05) is 6.61 Å². The molecule has 1 N–H and O–H groups in total. The summed E-state index contributed by atoms with van der Waals surface area (Å²) in [5, 5.41) is 22.3. The van der Waals surface area contributed by atoms with Gasteiger partial charge in [0.2, 0.25) is 0 Å².